The van der Waals surface area contributed by atoms with Gasteiger partial charge in [0.15, 0.2) is 0 Å². The van der Waals surface area contributed by atoms with Gasteiger partial charge >= 0.3 is 0 Å². The molecule has 3 N–H and O–H groups in total. The fourth-order valence-corrected chi connectivity index (χ4v) is 2.75. The number of rotatable bonds is 8. The summed E-state index contributed by atoms with van der Waals surface area (Å²) in [7, 11) is 0. The van der Waals surface area contributed by atoms with Crippen molar-refractivity contribution < 1.29 is 4.79 Å². The van der Waals surface area contributed by atoms with Crippen molar-refractivity contribution in [3.8, 4) is 0 Å². The molecule has 5 heteroatoms. The third-order valence-electron chi connectivity index (χ3n) is 4.44. The number of unbranched alkanes of at least 4 members (excludes halogenated alkanes) is 2. The van der Waals surface area contributed by atoms with E-state index in [4.69, 9.17) is 5.73 Å². The van der Waals surface area contributed by atoms with Gasteiger partial charge in [0.1, 0.15) is 0 Å². The molecule has 1 saturated carbocycles. The standard InChI is InChI=1S/C15H30N4O/c1-13(15(20)17-14-5-6-14)19-11-9-18(10-12-19)8-4-2-3-7-16/h13-14H,2-12,16H2,1H3,(H,17,20). The Morgan fingerprint density at radius 1 is 1.20 bits per heavy atom. The number of hydrogen-bond acceptors (Lipinski definition) is 4. The molecule has 0 aromatic rings. The molecule has 1 aliphatic heterocycles. The van der Waals surface area contributed by atoms with Crippen molar-refractivity contribution in [2.75, 3.05) is 39.3 Å². The Balaban J connectivity index is 1.61. The minimum Gasteiger partial charge on any atom is -0.352 e. The van der Waals surface area contributed by atoms with Gasteiger partial charge in [-0.3, -0.25) is 9.69 Å². The summed E-state index contributed by atoms with van der Waals surface area (Å²) >= 11 is 0. The molecule has 116 valence electrons. The number of hydrogen-bond donors (Lipinski definition) is 2. The van der Waals surface area contributed by atoms with Gasteiger partial charge in [0.2, 0.25) is 5.91 Å². The van der Waals surface area contributed by atoms with Crippen LogP contribution in [0.3, 0.4) is 0 Å². The largest absolute Gasteiger partial charge is 0.352 e. The van der Waals surface area contributed by atoms with Crippen LogP contribution in [-0.4, -0.2) is 67.1 Å². The van der Waals surface area contributed by atoms with Crippen LogP contribution < -0.4 is 11.1 Å². The van der Waals surface area contributed by atoms with Crippen LogP contribution in [0.1, 0.15) is 39.0 Å². The Morgan fingerprint density at radius 3 is 2.50 bits per heavy atom. The molecule has 1 heterocycles. The van der Waals surface area contributed by atoms with E-state index in [0.29, 0.717) is 6.04 Å². The third kappa shape index (κ3) is 5.04. The van der Waals surface area contributed by atoms with E-state index in [9.17, 15) is 4.79 Å². The van der Waals surface area contributed by atoms with Crippen molar-refractivity contribution in [3.05, 3.63) is 0 Å². The molecule has 0 bridgehead atoms. The lowest BCUT2D eigenvalue weighted by Crippen LogP contribution is -2.54. The monoisotopic (exact) mass is 282 g/mol. The highest BCUT2D eigenvalue weighted by atomic mass is 16.2. The van der Waals surface area contributed by atoms with Crippen molar-refractivity contribution in [1.82, 2.24) is 15.1 Å². The fraction of sp³-hybridized carbons (Fsp3) is 0.933. The molecule has 2 rings (SSSR count). The van der Waals surface area contributed by atoms with Crippen LogP contribution in [0.15, 0.2) is 0 Å². The van der Waals surface area contributed by atoms with E-state index in [1.807, 2.05) is 6.92 Å². The number of carbonyl (C=O) groups excluding carboxylic acids is 1. The average Bonchev–Trinajstić information content (AvgIpc) is 3.27. The van der Waals surface area contributed by atoms with Gasteiger partial charge in [-0.2, -0.15) is 0 Å². The lowest BCUT2D eigenvalue weighted by molar-refractivity contribution is -0.126. The zero-order valence-electron chi connectivity index (χ0n) is 12.8. The molecule has 0 aromatic carbocycles. The second-order valence-corrected chi connectivity index (χ2v) is 6.19. The predicted molar refractivity (Wildman–Crippen MR) is 81.5 cm³/mol. The topological polar surface area (TPSA) is 61.6 Å². The maximum Gasteiger partial charge on any atom is 0.237 e. The molecule has 1 aliphatic carbocycles. The molecule has 1 atom stereocenters. The van der Waals surface area contributed by atoms with Gasteiger partial charge in [0.05, 0.1) is 6.04 Å². The number of nitrogens with one attached hydrogen (secondary N) is 1. The Hall–Kier alpha value is -0.650. The summed E-state index contributed by atoms with van der Waals surface area (Å²) < 4.78 is 0. The van der Waals surface area contributed by atoms with E-state index in [2.05, 4.69) is 15.1 Å². The summed E-state index contributed by atoms with van der Waals surface area (Å²) in [5.41, 5.74) is 5.51. The number of carbonyl (C=O) groups is 1. The van der Waals surface area contributed by atoms with Gasteiger partial charge in [-0.15, -0.1) is 0 Å². The first kappa shape index (κ1) is 15.7. The van der Waals surface area contributed by atoms with Crippen LogP contribution >= 0.6 is 0 Å². The molecule has 0 spiro atoms. The Kier molecular flexibility index (Phi) is 6.26. The summed E-state index contributed by atoms with van der Waals surface area (Å²) in [4.78, 5) is 16.9. The summed E-state index contributed by atoms with van der Waals surface area (Å²) in [6, 6.07) is 0.490. The first-order valence-corrected chi connectivity index (χ1v) is 8.17. The van der Waals surface area contributed by atoms with Gasteiger partial charge in [0, 0.05) is 32.2 Å². The first-order valence-electron chi connectivity index (χ1n) is 8.17. The smallest absolute Gasteiger partial charge is 0.237 e. The zero-order valence-corrected chi connectivity index (χ0v) is 12.8. The van der Waals surface area contributed by atoms with Crippen molar-refractivity contribution in [2.45, 2.75) is 51.1 Å². The molecular weight excluding hydrogens is 252 g/mol. The van der Waals surface area contributed by atoms with Crippen LogP contribution in [0, 0.1) is 0 Å². The maximum atomic E-state index is 12.0. The second-order valence-electron chi connectivity index (χ2n) is 6.19. The molecule has 2 fully saturated rings. The molecule has 1 saturated heterocycles. The summed E-state index contributed by atoms with van der Waals surface area (Å²) in [5, 5.41) is 3.10. The highest BCUT2D eigenvalue weighted by Crippen LogP contribution is 2.19. The molecule has 5 nitrogen and oxygen atoms in total. The van der Waals surface area contributed by atoms with Crippen LogP contribution in [0.25, 0.3) is 0 Å². The van der Waals surface area contributed by atoms with Crippen molar-refractivity contribution in [1.29, 1.82) is 0 Å². The van der Waals surface area contributed by atoms with Crippen molar-refractivity contribution >= 4 is 5.91 Å². The molecule has 1 unspecified atom stereocenters. The second kappa shape index (κ2) is 7.96. The Morgan fingerprint density at radius 2 is 1.90 bits per heavy atom. The van der Waals surface area contributed by atoms with E-state index in [1.165, 1.54) is 19.4 Å². The van der Waals surface area contributed by atoms with Crippen LogP contribution in [0.2, 0.25) is 0 Å². The normalized spacial score (nSPS) is 22.7. The van der Waals surface area contributed by atoms with E-state index in [0.717, 1.165) is 52.0 Å². The van der Waals surface area contributed by atoms with Crippen molar-refractivity contribution in [2.24, 2.45) is 5.73 Å². The lowest BCUT2D eigenvalue weighted by Gasteiger charge is -2.37. The Bertz CT molecular complexity index is 298. The quantitative estimate of drug-likeness (QED) is 0.633. The molecule has 0 aromatic heterocycles. The molecule has 20 heavy (non-hydrogen) atoms. The van der Waals surface area contributed by atoms with Gasteiger partial charge in [-0.1, -0.05) is 6.42 Å². The highest BCUT2D eigenvalue weighted by molar-refractivity contribution is 5.81. The van der Waals surface area contributed by atoms with Gasteiger partial charge in [-0.05, 0) is 45.7 Å². The van der Waals surface area contributed by atoms with Crippen LogP contribution in [0.4, 0.5) is 0 Å². The number of nitrogens with zero attached hydrogens (tertiary/aromatic N) is 2. The fourth-order valence-electron chi connectivity index (χ4n) is 2.75. The summed E-state index contributed by atoms with van der Waals surface area (Å²) in [6.07, 6.45) is 5.94. The van der Waals surface area contributed by atoms with E-state index >= 15 is 0 Å². The van der Waals surface area contributed by atoms with Crippen molar-refractivity contribution in [3.63, 3.8) is 0 Å². The average molecular weight is 282 g/mol. The third-order valence-corrected chi connectivity index (χ3v) is 4.44. The summed E-state index contributed by atoms with van der Waals surface area (Å²) in [5.74, 6) is 0.212. The van der Waals surface area contributed by atoms with E-state index in [1.54, 1.807) is 0 Å². The number of nitrogens with two attached hydrogens (primary N) is 1. The van der Waals surface area contributed by atoms with E-state index < -0.39 is 0 Å². The highest BCUT2D eigenvalue weighted by Gasteiger charge is 2.29. The zero-order chi connectivity index (χ0) is 14.4. The lowest BCUT2D eigenvalue weighted by atomic mass is 10.2. The number of amides is 1. The van der Waals surface area contributed by atoms with Gasteiger partial charge in [-0.25, -0.2) is 0 Å². The molecule has 2 aliphatic rings. The van der Waals surface area contributed by atoms with Gasteiger partial charge in [0.25, 0.3) is 0 Å². The predicted octanol–water partition coefficient (Wildman–Crippen LogP) is 0.400. The van der Waals surface area contributed by atoms with Crippen LogP contribution in [-0.2, 0) is 4.79 Å². The minimum absolute atomic E-state index is 0.0231. The number of piperazine rings is 1. The van der Waals surface area contributed by atoms with Gasteiger partial charge < -0.3 is 16.0 Å². The maximum absolute atomic E-state index is 12.0. The molecule has 1 amide bonds. The minimum atomic E-state index is 0.0231. The van der Waals surface area contributed by atoms with E-state index in [-0.39, 0.29) is 11.9 Å². The van der Waals surface area contributed by atoms with Crippen LogP contribution in [0.5, 0.6) is 0 Å². The SMILES string of the molecule is CC(C(=O)NC1CC1)N1CCN(CCCCCN)CC1. The summed E-state index contributed by atoms with van der Waals surface area (Å²) in [6.45, 7) is 8.21. The molecular formula is C15H30N4O. The first-order chi connectivity index (χ1) is 9.70. The Labute approximate surface area is 122 Å². The molecule has 0 radical (unpaired) electrons.